The molecule has 15 N–H and O–H groups in total. The van der Waals surface area contributed by atoms with Crippen LogP contribution in [0.5, 0.6) is 0 Å². The van der Waals surface area contributed by atoms with Crippen molar-refractivity contribution < 1.29 is 79.0 Å². The lowest BCUT2D eigenvalue weighted by Gasteiger charge is -2.68. The summed E-state index contributed by atoms with van der Waals surface area (Å²) in [6.07, 6.45) is -9.74. The summed E-state index contributed by atoms with van der Waals surface area (Å²) in [4.78, 5) is 0. The van der Waals surface area contributed by atoms with Gasteiger partial charge in [0.15, 0.2) is 0 Å². The van der Waals surface area contributed by atoms with Crippen LogP contribution in [0.25, 0.3) is 0 Å². The molecule has 0 amide bonds. The highest BCUT2D eigenvalue weighted by molar-refractivity contribution is 7.49. The van der Waals surface area contributed by atoms with Crippen LogP contribution in [0.4, 0.5) is 0 Å². The molecule has 12 atom stereocenters. The lowest BCUT2D eigenvalue weighted by Crippen LogP contribution is -3.03. The summed E-state index contributed by atoms with van der Waals surface area (Å²) < 4.78 is 30.5. The second-order valence-electron chi connectivity index (χ2n) is 7.86. The first-order valence-electron chi connectivity index (χ1n) is 8.46. The van der Waals surface area contributed by atoms with E-state index in [0.29, 0.717) is 0 Å². The van der Waals surface area contributed by atoms with Crippen molar-refractivity contribution in [2.75, 3.05) is 6.61 Å². The minimum Gasteiger partial charge on any atom is -0.394 e. The van der Waals surface area contributed by atoms with Crippen molar-refractivity contribution in [2.24, 2.45) is 11.5 Å². The average molecular weight is 480 g/mol. The molecule has 31 heavy (non-hydrogen) atoms. The molecule has 4 rings (SSSR count). The SMILES string of the molecule is N[C@]1(O)[C@@](N)(O)[C@](O)([C@]2(O)O[C@H](CO)[C@@H](O)[C@H](O)[C@@H]2O)[C@]2(O)OP3(=O)O[C@@]2(O)[C@@]1(O)O3. The summed E-state index contributed by atoms with van der Waals surface area (Å²) in [6.45, 7) is -1.23. The van der Waals surface area contributed by atoms with Gasteiger partial charge < -0.3 is 60.9 Å². The van der Waals surface area contributed by atoms with E-state index in [4.69, 9.17) is 16.2 Å². The van der Waals surface area contributed by atoms with Crippen LogP contribution in [-0.4, -0.2) is 127 Å². The number of phosphoric acid groups is 1. The molecule has 4 fully saturated rings. The molecule has 0 aromatic rings. The molecule has 1 saturated carbocycles. The van der Waals surface area contributed by atoms with E-state index in [9.17, 15) is 60.7 Å². The van der Waals surface area contributed by atoms with Gasteiger partial charge in [0.1, 0.15) is 24.4 Å². The molecule has 0 spiro atoms. The second-order valence-corrected chi connectivity index (χ2v) is 9.30. The van der Waals surface area contributed by atoms with E-state index in [1.807, 2.05) is 0 Å². The quantitative estimate of drug-likeness (QED) is 0.129. The third-order valence-corrected chi connectivity index (χ3v) is 7.74. The Morgan fingerprint density at radius 2 is 1.26 bits per heavy atom. The molecule has 180 valence electrons. The molecule has 3 aliphatic heterocycles. The summed E-state index contributed by atoms with van der Waals surface area (Å²) in [6, 6.07) is 0. The number of fused-ring (bicyclic) bond motifs is 1. The molecule has 19 heteroatoms. The first-order valence-corrected chi connectivity index (χ1v) is 9.92. The highest BCUT2D eigenvalue weighted by Gasteiger charge is 3.03. The summed E-state index contributed by atoms with van der Waals surface area (Å²) >= 11 is 0. The molecule has 3 heterocycles. The maximum absolute atomic E-state index is 12.5. The van der Waals surface area contributed by atoms with Gasteiger partial charge in [-0.05, 0) is 0 Å². The summed E-state index contributed by atoms with van der Waals surface area (Å²) in [5, 5.41) is 116. The van der Waals surface area contributed by atoms with Gasteiger partial charge in [-0.3, -0.25) is 11.5 Å². The average Bonchev–Trinajstić information content (AvgIpc) is 3.01. The van der Waals surface area contributed by atoms with Gasteiger partial charge in [0.05, 0.1) is 6.61 Å². The second kappa shape index (κ2) is 5.78. The van der Waals surface area contributed by atoms with E-state index in [2.05, 4.69) is 13.6 Å². The van der Waals surface area contributed by atoms with Gasteiger partial charge in [-0.2, -0.15) is 0 Å². The van der Waals surface area contributed by atoms with Gasteiger partial charge in [0.2, 0.25) is 22.8 Å². The van der Waals surface area contributed by atoms with Crippen molar-refractivity contribution in [3.8, 4) is 0 Å². The molecule has 18 nitrogen and oxygen atoms in total. The van der Waals surface area contributed by atoms with Gasteiger partial charge >= 0.3 is 7.82 Å². The van der Waals surface area contributed by atoms with Crippen LogP contribution in [0.2, 0.25) is 0 Å². The Balaban J connectivity index is 2.04. The number of hydrogen-bond acceptors (Lipinski definition) is 18. The van der Waals surface area contributed by atoms with E-state index < -0.39 is 79.0 Å². The van der Waals surface area contributed by atoms with E-state index >= 15 is 0 Å². The number of phosphoric ester groups is 1. The highest BCUT2D eigenvalue weighted by atomic mass is 31.2. The van der Waals surface area contributed by atoms with Gasteiger partial charge in [-0.1, -0.05) is 0 Å². The fourth-order valence-electron chi connectivity index (χ4n) is 4.42. The number of hydrogen-bond donors (Lipinski definition) is 13. The van der Waals surface area contributed by atoms with Crippen molar-refractivity contribution in [3.05, 3.63) is 0 Å². The Bertz CT molecular complexity index is 872. The van der Waals surface area contributed by atoms with Crippen LogP contribution in [0, 0.1) is 0 Å². The maximum atomic E-state index is 12.5. The van der Waals surface area contributed by atoms with E-state index in [1.165, 1.54) is 0 Å². The van der Waals surface area contributed by atoms with Crippen molar-refractivity contribution in [1.82, 2.24) is 0 Å². The zero-order valence-corrected chi connectivity index (χ0v) is 16.0. The van der Waals surface area contributed by atoms with Gasteiger partial charge in [0, 0.05) is 0 Å². The number of rotatable bonds is 2. The Morgan fingerprint density at radius 3 is 1.74 bits per heavy atom. The summed E-state index contributed by atoms with van der Waals surface area (Å²) in [7, 11) is -5.34. The van der Waals surface area contributed by atoms with Crippen LogP contribution >= 0.6 is 7.82 Å². The van der Waals surface area contributed by atoms with Crippen molar-refractivity contribution in [3.63, 3.8) is 0 Å². The summed E-state index contributed by atoms with van der Waals surface area (Å²) in [5.74, 6) is -16.5. The lowest BCUT2D eigenvalue weighted by atomic mass is 9.57. The van der Waals surface area contributed by atoms with Crippen LogP contribution < -0.4 is 11.5 Å². The van der Waals surface area contributed by atoms with Crippen LogP contribution in [-0.2, 0) is 22.9 Å². The molecule has 2 bridgehead atoms. The largest absolute Gasteiger partial charge is 0.483 e. The zero-order chi connectivity index (χ0) is 23.8. The van der Waals surface area contributed by atoms with E-state index in [1.54, 1.807) is 0 Å². The fraction of sp³-hybridized carbons (Fsp3) is 1.00. The molecule has 1 aliphatic carbocycles. The van der Waals surface area contributed by atoms with Gasteiger partial charge in [-0.15, -0.1) is 0 Å². The normalized spacial score (nSPS) is 68.3. The predicted octanol–water partition coefficient (Wildman–Crippen LogP) is -8.56. The highest BCUT2D eigenvalue weighted by Crippen LogP contribution is 2.81. The Morgan fingerprint density at radius 1 is 0.774 bits per heavy atom. The van der Waals surface area contributed by atoms with Gasteiger partial charge in [0.25, 0.3) is 17.4 Å². The molecule has 4 aliphatic rings. The maximum Gasteiger partial charge on any atom is 0.483 e. The molecule has 0 radical (unpaired) electrons. The number of nitrogens with two attached hydrogens (primary N) is 2. The first-order chi connectivity index (χ1) is 13.8. The standard InChI is InChI=1S/C12H21N2O16P/c13-8(21)7(20,6(19)5(18)4(17)3(16)2(1-15)27-6)10(23)12(25)11(24,9(8,14)22)29-31(26,28-10)30-12/h2-5,15-25H,1,13-14H2/t2-,3-,4+,5+,6-,7-,8+,9+,10+,11+,12-,31?/m1/s1. The lowest BCUT2D eigenvalue weighted by molar-refractivity contribution is -0.567. The van der Waals surface area contributed by atoms with Crippen molar-refractivity contribution >= 4 is 7.82 Å². The first kappa shape index (κ1) is 23.7. The van der Waals surface area contributed by atoms with E-state index in [-0.39, 0.29) is 0 Å². The number of aliphatic hydroxyl groups is 11. The zero-order valence-electron chi connectivity index (χ0n) is 15.1. The Labute approximate surface area is 170 Å². The smallest absolute Gasteiger partial charge is 0.394 e. The van der Waals surface area contributed by atoms with E-state index in [0.717, 1.165) is 0 Å². The van der Waals surface area contributed by atoms with Gasteiger partial charge in [-0.25, -0.2) is 18.1 Å². The number of aliphatic hydroxyl groups excluding tert-OH is 4. The minimum atomic E-state index is -5.34. The Hall–Kier alpha value is -0.450. The van der Waals surface area contributed by atoms with Crippen molar-refractivity contribution in [2.45, 2.75) is 64.6 Å². The topological polar surface area (TPSA) is 329 Å². The minimum absolute atomic E-state index is 1.23. The van der Waals surface area contributed by atoms with Crippen LogP contribution in [0.3, 0.4) is 0 Å². The third kappa shape index (κ3) is 2.01. The van der Waals surface area contributed by atoms with Crippen molar-refractivity contribution in [1.29, 1.82) is 0 Å². The molecule has 1 unspecified atom stereocenters. The predicted molar refractivity (Wildman–Crippen MR) is 83.9 cm³/mol. The number of ether oxygens (including phenoxy) is 1. The third-order valence-electron chi connectivity index (χ3n) is 6.27. The molecule has 0 aromatic heterocycles. The van der Waals surface area contributed by atoms with Crippen LogP contribution in [0.1, 0.15) is 0 Å². The molecular formula is C12H21N2O16P. The molecule has 0 aromatic carbocycles. The molecule has 3 saturated heterocycles. The van der Waals surface area contributed by atoms with Crippen LogP contribution in [0.15, 0.2) is 0 Å². The fourth-order valence-corrected chi connectivity index (χ4v) is 6.27. The monoisotopic (exact) mass is 480 g/mol. The molecular weight excluding hydrogens is 459 g/mol. The Kier molecular flexibility index (Phi) is 4.42. The summed E-state index contributed by atoms with van der Waals surface area (Å²) in [5.41, 5.74) is -2.04.